The molecular formula is C10H9N5O2. The van der Waals surface area contributed by atoms with Gasteiger partial charge in [-0.2, -0.15) is 0 Å². The van der Waals surface area contributed by atoms with Crippen molar-refractivity contribution in [1.29, 1.82) is 0 Å². The molecule has 1 aliphatic heterocycles. The van der Waals surface area contributed by atoms with Crippen molar-refractivity contribution in [2.24, 2.45) is 5.11 Å². The van der Waals surface area contributed by atoms with Crippen LogP contribution in [0.1, 0.15) is 6.42 Å². The van der Waals surface area contributed by atoms with Gasteiger partial charge < -0.3 is 0 Å². The average molecular weight is 231 g/mol. The minimum atomic E-state index is -0.459. The molecule has 0 aromatic heterocycles. The first kappa shape index (κ1) is 11.0. The van der Waals surface area contributed by atoms with Gasteiger partial charge in [-0.25, -0.2) is 4.79 Å². The summed E-state index contributed by atoms with van der Waals surface area (Å²) in [5, 5.41) is 5.68. The van der Waals surface area contributed by atoms with E-state index in [1.165, 1.54) is 4.90 Å². The lowest BCUT2D eigenvalue weighted by Gasteiger charge is -2.26. The smallest absolute Gasteiger partial charge is 0.294 e. The van der Waals surface area contributed by atoms with Crippen LogP contribution in [0.2, 0.25) is 0 Å². The minimum absolute atomic E-state index is 0.261. The molecule has 0 spiro atoms. The third-order valence-electron chi connectivity index (χ3n) is 2.36. The number of anilines is 1. The number of nitrogens with zero attached hydrogens (tertiary/aromatic N) is 4. The number of urea groups is 1. The molecule has 0 bridgehead atoms. The quantitative estimate of drug-likeness (QED) is 0.478. The number of rotatable bonds is 2. The van der Waals surface area contributed by atoms with Gasteiger partial charge in [0.1, 0.15) is 0 Å². The van der Waals surface area contributed by atoms with E-state index in [-0.39, 0.29) is 12.3 Å². The van der Waals surface area contributed by atoms with Crippen LogP contribution in [0, 0.1) is 0 Å². The van der Waals surface area contributed by atoms with Crippen LogP contribution in [-0.4, -0.2) is 18.5 Å². The Bertz CT molecular complexity index is 521. The number of carbonyl (C=O) groups excluding carboxylic acids is 2. The molecule has 1 N–H and O–H groups in total. The summed E-state index contributed by atoms with van der Waals surface area (Å²) in [7, 11) is 0. The van der Waals surface area contributed by atoms with Crippen LogP contribution >= 0.6 is 0 Å². The Labute approximate surface area is 96.7 Å². The van der Waals surface area contributed by atoms with Crippen molar-refractivity contribution < 1.29 is 9.59 Å². The molecule has 1 aromatic carbocycles. The van der Waals surface area contributed by atoms with Crippen LogP contribution in [-0.2, 0) is 4.79 Å². The first-order valence-electron chi connectivity index (χ1n) is 4.97. The fourth-order valence-electron chi connectivity index (χ4n) is 1.59. The van der Waals surface area contributed by atoms with E-state index < -0.39 is 6.03 Å². The van der Waals surface area contributed by atoms with Crippen LogP contribution in [0.3, 0.4) is 0 Å². The summed E-state index contributed by atoms with van der Waals surface area (Å²) in [5.41, 5.74) is 9.35. The van der Waals surface area contributed by atoms with E-state index in [0.717, 1.165) is 0 Å². The van der Waals surface area contributed by atoms with E-state index >= 15 is 0 Å². The second kappa shape index (κ2) is 4.54. The lowest BCUT2D eigenvalue weighted by Crippen LogP contribution is -2.49. The van der Waals surface area contributed by atoms with Gasteiger partial charge in [-0.3, -0.25) is 15.0 Å². The fourth-order valence-corrected chi connectivity index (χ4v) is 1.59. The molecule has 0 unspecified atom stereocenters. The predicted octanol–water partition coefficient (Wildman–Crippen LogP) is 2.07. The number of carbonyl (C=O) groups is 2. The molecular weight excluding hydrogens is 222 g/mol. The van der Waals surface area contributed by atoms with Crippen LogP contribution in [0.15, 0.2) is 29.4 Å². The second-order valence-electron chi connectivity index (χ2n) is 3.46. The molecule has 17 heavy (non-hydrogen) atoms. The van der Waals surface area contributed by atoms with Gasteiger partial charge in [-0.05, 0) is 17.7 Å². The molecule has 1 fully saturated rings. The standard InChI is InChI=1S/C10H9N5O2/c11-14-13-7-2-1-3-8(6-7)15-5-4-9(16)12-10(15)17/h1-3,6H,4-5H2,(H,12,16,17). The highest BCUT2D eigenvalue weighted by Gasteiger charge is 2.23. The highest BCUT2D eigenvalue weighted by molar-refractivity contribution is 6.05. The van der Waals surface area contributed by atoms with Gasteiger partial charge in [-0.15, -0.1) is 0 Å². The molecule has 3 amide bonds. The highest BCUT2D eigenvalue weighted by atomic mass is 16.2. The zero-order chi connectivity index (χ0) is 12.3. The first-order chi connectivity index (χ1) is 8.20. The minimum Gasteiger partial charge on any atom is -0.294 e. The Kier molecular flexibility index (Phi) is 2.93. The summed E-state index contributed by atoms with van der Waals surface area (Å²) in [6, 6.07) is 6.17. The van der Waals surface area contributed by atoms with E-state index in [0.29, 0.717) is 17.9 Å². The van der Waals surface area contributed by atoms with E-state index in [9.17, 15) is 9.59 Å². The third-order valence-corrected chi connectivity index (χ3v) is 2.36. The largest absolute Gasteiger partial charge is 0.328 e. The second-order valence-corrected chi connectivity index (χ2v) is 3.46. The normalized spacial score (nSPS) is 15.2. The Morgan fingerprint density at radius 3 is 2.94 bits per heavy atom. The van der Waals surface area contributed by atoms with Gasteiger partial charge in [0.2, 0.25) is 5.91 Å². The molecule has 1 saturated heterocycles. The van der Waals surface area contributed by atoms with Crippen LogP contribution < -0.4 is 10.2 Å². The van der Waals surface area contributed by atoms with Crippen molar-refractivity contribution in [1.82, 2.24) is 5.32 Å². The molecule has 1 heterocycles. The molecule has 86 valence electrons. The first-order valence-corrected chi connectivity index (χ1v) is 4.97. The van der Waals surface area contributed by atoms with Gasteiger partial charge in [0, 0.05) is 29.3 Å². The SMILES string of the molecule is [N-]=[N+]=Nc1cccc(N2CCC(=O)NC2=O)c1. The van der Waals surface area contributed by atoms with Crippen LogP contribution in [0.5, 0.6) is 0 Å². The number of nitrogens with one attached hydrogen (secondary N) is 1. The van der Waals surface area contributed by atoms with Gasteiger partial charge >= 0.3 is 6.03 Å². The summed E-state index contributed by atoms with van der Waals surface area (Å²) in [4.78, 5) is 26.7. The van der Waals surface area contributed by atoms with E-state index in [4.69, 9.17) is 5.53 Å². The molecule has 1 aromatic rings. The number of azide groups is 1. The molecule has 0 atom stereocenters. The van der Waals surface area contributed by atoms with Crippen molar-refractivity contribution >= 4 is 23.3 Å². The van der Waals surface area contributed by atoms with Gasteiger partial charge in [-0.1, -0.05) is 17.2 Å². The molecule has 0 radical (unpaired) electrons. The van der Waals surface area contributed by atoms with E-state index in [1.807, 2.05) is 0 Å². The monoisotopic (exact) mass is 231 g/mol. The number of imide groups is 1. The number of hydrogen-bond donors (Lipinski definition) is 1. The maximum atomic E-state index is 11.6. The zero-order valence-corrected chi connectivity index (χ0v) is 8.83. The van der Waals surface area contributed by atoms with Gasteiger partial charge in [0.15, 0.2) is 0 Å². The Morgan fingerprint density at radius 1 is 1.41 bits per heavy atom. The van der Waals surface area contributed by atoms with Crippen LogP contribution in [0.4, 0.5) is 16.2 Å². The number of hydrogen-bond acceptors (Lipinski definition) is 3. The van der Waals surface area contributed by atoms with E-state index in [2.05, 4.69) is 15.3 Å². The summed E-state index contributed by atoms with van der Waals surface area (Å²) in [6.45, 7) is 0.324. The maximum Gasteiger partial charge on any atom is 0.328 e. The van der Waals surface area contributed by atoms with Crippen molar-refractivity contribution in [2.45, 2.75) is 6.42 Å². The van der Waals surface area contributed by atoms with Crippen molar-refractivity contribution in [2.75, 3.05) is 11.4 Å². The van der Waals surface area contributed by atoms with Crippen molar-refractivity contribution in [3.05, 3.63) is 34.7 Å². The Hall–Kier alpha value is -2.53. The summed E-state index contributed by atoms with van der Waals surface area (Å²) in [5.74, 6) is -0.280. The summed E-state index contributed by atoms with van der Waals surface area (Å²) in [6.07, 6.45) is 0.261. The van der Waals surface area contributed by atoms with Gasteiger partial charge in [0.25, 0.3) is 0 Å². The number of amides is 3. The highest BCUT2D eigenvalue weighted by Crippen LogP contribution is 2.23. The summed E-state index contributed by atoms with van der Waals surface area (Å²) < 4.78 is 0. The Morgan fingerprint density at radius 2 is 2.24 bits per heavy atom. The maximum absolute atomic E-state index is 11.6. The number of benzene rings is 1. The fraction of sp³-hybridized carbons (Fsp3) is 0.200. The predicted molar refractivity (Wildman–Crippen MR) is 60.7 cm³/mol. The average Bonchev–Trinajstić information content (AvgIpc) is 2.29. The lowest BCUT2D eigenvalue weighted by molar-refractivity contribution is -0.120. The zero-order valence-electron chi connectivity index (χ0n) is 8.83. The molecule has 1 aliphatic rings. The van der Waals surface area contributed by atoms with Crippen LogP contribution in [0.25, 0.3) is 10.4 Å². The molecule has 7 heteroatoms. The topological polar surface area (TPSA) is 98.2 Å². The molecule has 0 saturated carbocycles. The molecule has 2 rings (SSSR count). The Balaban J connectivity index is 2.27. The molecule has 7 nitrogen and oxygen atoms in total. The van der Waals surface area contributed by atoms with Crippen molar-refractivity contribution in [3.63, 3.8) is 0 Å². The summed E-state index contributed by atoms with van der Waals surface area (Å²) >= 11 is 0. The molecule has 0 aliphatic carbocycles. The third kappa shape index (κ3) is 2.35. The van der Waals surface area contributed by atoms with Gasteiger partial charge in [0.05, 0.1) is 0 Å². The van der Waals surface area contributed by atoms with E-state index in [1.54, 1.807) is 24.3 Å². The lowest BCUT2D eigenvalue weighted by atomic mass is 10.2. The van der Waals surface area contributed by atoms with Crippen molar-refractivity contribution in [3.8, 4) is 0 Å².